The first-order valence-corrected chi connectivity index (χ1v) is 4.86. The lowest BCUT2D eigenvalue weighted by Gasteiger charge is -2.41. The maximum absolute atomic E-state index is 11.9. The van der Waals surface area contributed by atoms with Crippen molar-refractivity contribution in [2.75, 3.05) is 19.7 Å². The van der Waals surface area contributed by atoms with E-state index in [1.807, 2.05) is 0 Å². The molecule has 3 heteroatoms. The summed E-state index contributed by atoms with van der Waals surface area (Å²) in [5.74, 6) is 0. The van der Waals surface area contributed by atoms with Gasteiger partial charge in [0.1, 0.15) is 6.61 Å². The molecule has 2 nitrogen and oxygen atoms in total. The average Bonchev–Trinajstić information content (AvgIpc) is 2.48. The van der Waals surface area contributed by atoms with Crippen molar-refractivity contribution in [1.82, 2.24) is 4.90 Å². The number of nitrogens with zero attached hydrogens (tertiary/aromatic N) is 1. The van der Waals surface area contributed by atoms with Gasteiger partial charge in [0.2, 0.25) is 0 Å². The Bertz CT molecular complexity index is 161. The predicted molar refractivity (Wildman–Crippen MR) is 44.4 cm³/mol. The molecular formula is C9H16FNO. The molecule has 0 amide bonds. The Kier molecular flexibility index (Phi) is 2.33. The maximum atomic E-state index is 11.9. The highest BCUT2D eigenvalue weighted by atomic mass is 19.3. The Morgan fingerprint density at radius 1 is 1.17 bits per heavy atom. The van der Waals surface area contributed by atoms with E-state index in [2.05, 4.69) is 9.84 Å². The molecule has 0 aliphatic carbocycles. The minimum atomic E-state index is 0.0764. The highest BCUT2D eigenvalue weighted by Crippen LogP contribution is 2.37. The number of fused-ring (bicyclic) bond motifs is 1. The molecule has 0 N–H and O–H groups in total. The van der Waals surface area contributed by atoms with E-state index >= 15 is 0 Å². The standard InChI is InChI=1S/C9H16FNO/c10-12-8-9-4-1-2-6-11(9)7-3-5-9/h1-8H2. The summed E-state index contributed by atoms with van der Waals surface area (Å²) in [6, 6.07) is 0. The molecule has 0 aromatic carbocycles. The fourth-order valence-corrected chi connectivity index (χ4v) is 2.72. The second-order valence-electron chi connectivity index (χ2n) is 4.03. The SMILES string of the molecule is FOCC12CCCCN1CCC2. The smallest absolute Gasteiger partial charge is 0.106 e. The predicted octanol–water partition coefficient (Wildman–Crippen LogP) is 1.91. The third-order valence-electron chi connectivity index (χ3n) is 3.38. The Hall–Kier alpha value is -0.150. The van der Waals surface area contributed by atoms with Crippen molar-refractivity contribution < 1.29 is 9.47 Å². The molecule has 2 aliphatic heterocycles. The lowest BCUT2D eigenvalue weighted by Crippen LogP contribution is -2.50. The summed E-state index contributed by atoms with van der Waals surface area (Å²) in [7, 11) is 0. The van der Waals surface area contributed by atoms with Gasteiger partial charge in [0, 0.05) is 5.54 Å². The highest BCUT2D eigenvalue weighted by Gasteiger charge is 2.42. The van der Waals surface area contributed by atoms with E-state index in [4.69, 9.17) is 0 Å². The van der Waals surface area contributed by atoms with Gasteiger partial charge in [0.25, 0.3) is 0 Å². The van der Waals surface area contributed by atoms with Crippen LogP contribution in [0.25, 0.3) is 0 Å². The molecule has 0 bridgehead atoms. The molecular weight excluding hydrogens is 157 g/mol. The zero-order valence-electron chi connectivity index (χ0n) is 7.39. The lowest BCUT2D eigenvalue weighted by molar-refractivity contribution is -0.170. The molecule has 70 valence electrons. The molecule has 2 rings (SSSR count). The van der Waals surface area contributed by atoms with Crippen molar-refractivity contribution in [2.24, 2.45) is 0 Å². The van der Waals surface area contributed by atoms with E-state index < -0.39 is 0 Å². The van der Waals surface area contributed by atoms with Crippen molar-refractivity contribution in [3.8, 4) is 0 Å². The molecule has 1 atom stereocenters. The van der Waals surface area contributed by atoms with Gasteiger partial charge in [-0.3, -0.25) is 4.90 Å². The first-order valence-electron chi connectivity index (χ1n) is 4.86. The van der Waals surface area contributed by atoms with E-state index in [1.165, 1.54) is 19.3 Å². The number of rotatable bonds is 2. The quantitative estimate of drug-likeness (QED) is 0.632. The van der Waals surface area contributed by atoms with Crippen LogP contribution in [0.15, 0.2) is 0 Å². The third-order valence-corrected chi connectivity index (χ3v) is 3.38. The second-order valence-corrected chi connectivity index (χ2v) is 4.03. The number of piperidine rings is 1. The first-order chi connectivity index (χ1) is 5.87. The summed E-state index contributed by atoms with van der Waals surface area (Å²) in [6.45, 7) is 2.57. The van der Waals surface area contributed by atoms with Gasteiger partial charge >= 0.3 is 0 Å². The van der Waals surface area contributed by atoms with Crippen LogP contribution in [0.2, 0.25) is 0 Å². The molecule has 0 aromatic heterocycles. The molecule has 12 heavy (non-hydrogen) atoms. The Labute approximate surface area is 72.6 Å². The van der Waals surface area contributed by atoms with Crippen LogP contribution >= 0.6 is 0 Å². The Morgan fingerprint density at radius 2 is 1.92 bits per heavy atom. The summed E-state index contributed by atoms with van der Waals surface area (Å²) in [5, 5.41) is 0. The van der Waals surface area contributed by atoms with Gasteiger partial charge in [-0.2, -0.15) is 4.94 Å². The van der Waals surface area contributed by atoms with E-state index in [0.29, 0.717) is 0 Å². The van der Waals surface area contributed by atoms with Gasteiger partial charge in [0.15, 0.2) is 0 Å². The second kappa shape index (κ2) is 3.30. The van der Waals surface area contributed by atoms with Crippen LogP contribution in [0.3, 0.4) is 0 Å². The fraction of sp³-hybridized carbons (Fsp3) is 1.00. The lowest BCUT2D eigenvalue weighted by atomic mass is 9.87. The number of hydrogen-bond acceptors (Lipinski definition) is 2. The van der Waals surface area contributed by atoms with Crippen LogP contribution in [-0.2, 0) is 4.94 Å². The minimum Gasteiger partial charge on any atom is -0.295 e. The normalized spacial score (nSPS) is 36.8. The van der Waals surface area contributed by atoms with E-state index in [0.717, 1.165) is 25.9 Å². The monoisotopic (exact) mass is 173 g/mol. The van der Waals surface area contributed by atoms with Gasteiger partial charge in [-0.15, -0.1) is 0 Å². The largest absolute Gasteiger partial charge is 0.295 e. The van der Waals surface area contributed by atoms with Crippen LogP contribution in [0.4, 0.5) is 4.53 Å². The fourth-order valence-electron chi connectivity index (χ4n) is 2.72. The number of hydrogen-bond donors (Lipinski definition) is 0. The van der Waals surface area contributed by atoms with Crippen LogP contribution in [-0.4, -0.2) is 30.1 Å². The molecule has 2 aliphatic rings. The molecule has 2 fully saturated rings. The van der Waals surface area contributed by atoms with Gasteiger partial charge < -0.3 is 0 Å². The van der Waals surface area contributed by atoms with Crippen molar-refractivity contribution >= 4 is 0 Å². The topological polar surface area (TPSA) is 12.5 Å². The average molecular weight is 173 g/mol. The zero-order valence-corrected chi connectivity index (χ0v) is 7.39. The van der Waals surface area contributed by atoms with Crippen LogP contribution in [0, 0.1) is 0 Å². The highest BCUT2D eigenvalue weighted by molar-refractivity contribution is 4.97. The Morgan fingerprint density at radius 3 is 2.75 bits per heavy atom. The van der Waals surface area contributed by atoms with Crippen molar-refractivity contribution in [2.45, 2.75) is 37.6 Å². The van der Waals surface area contributed by atoms with E-state index in [-0.39, 0.29) is 12.1 Å². The summed E-state index contributed by atoms with van der Waals surface area (Å²) in [4.78, 5) is 6.26. The molecule has 0 spiro atoms. The van der Waals surface area contributed by atoms with E-state index in [1.54, 1.807) is 0 Å². The molecule has 2 saturated heterocycles. The van der Waals surface area contributed by atoms with Gasteiger partial charge in [-0.25, -0.2) is 0 Å². The molecule has 2 heterocycles. The van der Waals surface area contributed by atoms with E-state index in [9.17, 15) is 4.53 Å². The summed E-state index contributed by atoms with van der Waals surface area (Å²) >= 11 is 0. The summed E-state index contributed by atoms with van der Waals surface area (Å²) in [5.41, 5.74) is 0.0764. The van der Waals surface area contributed by atoms with Crippen LogP contribution in [0.1, 0.15) is 32.1 Å². The zero-order chi connectivity index (χ0) is 8.44. The van der Waals surface area contributed by atoms with Gasteiger partial charge in [0.05, 0.1) is 0 Å². The first kappa shape index (κ1) is 8.45. The molecule has 0 aromatic rings. The van der Waals surface area contributed by atoms with Crippen molar-refractivity contribution in [3.63, 3.8) is 0 Å². The molecule has 1 unspecified atom stereocenters. The molecule has 0 saturated carbocycles. The third kappa shape index (κ3) is 1.25. The number of halogens is 1. The van der Waals surface area contributed by atoms with Gasteiger partial charge in [-0.05, 0) is 43.3 Å². The summed E-state index contributed by atoms with van der Waals surface area (Å²) in [6.07, 6.45) is 5.96. The van der Waals surface area contributed by atoms with Crippen LogP contribution in [0.5, 0.6) is 0 Å². The van der Waals surface area contributed by atoms with Crippen molar-refractivity contribution in [1.29, 1.82) is 0 Å². The van der Waals surface area contributed by atoms with Crippen molar-refractivity contribution in [3.05, 3.63) is 0 Å². The summed E-state index contributed by atoms with van der Waals surface area (Å²) < 4.78 is 11.9. The van der Waals surface area contributed by atoms with Gasteiger partial charge in [-0.1, -0.05) is 6.42 Å². The Balaban J connectivity index is 2.06. The van der Waals surface area contributed by atoms with Crippen LogP contribution < -0.4 is 0 Å². The molecule has 0 radical (unpaired) electrons. The minimum absolute atomic E-state index is 0.0764. The maximum Gasteiger partial charge on any atom is 0.106 e.